The first-order valence-corrected chi connectivity index (χ1v) is 12.8. The lowest BCUT2D eigenvalue weighted by Crippen LogP contribution is -2.64. The number of ketones is 1. The minimum atomic E-state index is -1.53. The highest BCUT2D eigenvalue weighted by Gasteiger charge is 2.54. The third-order valence-electron chi connectivity index (χ3n) is 5.58. The van der Waals surface area contributed by atoms with E-state index in [1.807, 2.05) is 30.3 Å². The molecule has 0 aromatic heterocycles. The third kappa shape index (κ3) is 9.67. The van der Waals surface area contributed by atoms with Gasteiger partial charge in [-0.2, -0.15) is 0 Å². The van der Waals surface area contributed by atoms with Crippen LogP contribution in [-0.4, -0.2) is 77.6 Å². The van der Waals surface area contributed by atoms with Crippen molar-refractivity contribution in [1.82, 2.24) is 0 Å². The number of esters is 4. The fourth-order valence-corrected chi connectivity index (χ4v) is 3.90. The number of halogens is 1. The summed E-state index contributed by atoms with van der Waals surface area (Å²) in [4.78, 5) is 60.1. The molecule has 0 unspecified atom stereocenters. The van der Waals surface area contributed by atoms with Crippen molar-refractivity contribution in [3.05, 3.63) is 35.9 Å². The normalized spacial score (nSPS) is 24.9. The van der Waals surface area contributed by atoms with Crippen LogP contribution in [0.2, 0.25) is 0 Å². The number of Topliss-reactive ketones (excluding diaryl/α,β-unsaturated/α-hetero) is 1. The molecule has 0 amide bonds. The Morgan fingerprint density at radius 2 is 1.38 bits per heavy atom. The number of ether oxygens (including phenoxy) is 7. The Hall–Kier alpha value is -2.87. The molecule has 1 aliphatic heterocycles. The Morgan fingerprint density at radius 3 is 1.90 bits per heavy atom. The summed E-state index contributed by atoms with van der Waals surface area (Å²) in [6.45, 7) is 6.96. The fourth-order valence-electron chi connectivity index (χ4n) is 3.66. The number of carbonyl (C=O) groups is 5. The fraction of sp³-hybridized carbons (Fsp3) is 0.577. The van der Waals surface area contributed by atoms with Crippen LogP contribution in [0.4, 0.5) is 0 Å². The lowest BCUT2D eigenvalue weighted by molar-refractivity contribution is -0.343. The first-order chi connectivity index (χ1) is 18.2. The van der Waals surface area contributed by atoms with Gasteiger partial charge in [0.25, 0.3) is 0 Å². The summed E-state index contributed by atoms with van der Waals surface area (Å²) >= 11 is 3.36. The van der Waals surface area contributed by atoms with Crippen LogP contribution in [0.1, 0.15) is 47.1 Å². The highest BCUT2D eigenvalue weighted by Crippen LogP contribution is 2.34. The second-order valence-electron chi connectivity index (χ2n) is 8.96. The van der Waals surface area contributed by atoms with Crippen LogP contribution in [0.25, 0.3) is 0 Å². The monoisotopic (exact) mass is 616 g/mol. The number of carbonyl (C=O) groups excluding carboxylic acids is 5. The molecule has 0 aliphatic carbocycles. The van der Waals surface area contributed by atoms with E-state index in [2.05, 4.69) is 15.9 Å². The Morgan fingerprint density at radius 1 is 0.846 bits per heavy atom. The van der Waals surface area contributed by atoms with E-state index in [0.717, 1.165) is 26.3 Å². The Labute approximate surface area is 234 Å². The first kappa shape index (κ1) is 32.3. The van der Waals surface area contributed by atoms with Crippen molar-refractivity contribution >= 4 is 45.6 Å². The maximum atomic E-state index is 12.5. The topological polar surface area (TPSA) is 150 Å². The van der Waals surface area contributed by atoms with Crippen LogP contribution >= 0.6 is 15.9 Å². The lowest BCUT2D eigenvalue weighted by Gasteiger charge is -2.45. The average Bonchev–Trinajstić information content (AvgIpc) is 2.83. The van der Waals surface area contributed by atoms with Gasteiger partial charge in [0.1, 0.15) is 17.0 Å². The van der Waals surface area contributed by atoms with E-state index in [0.29, 0.717) is 0 Å². The molecule has 0 radical (unpaired) electrons. The molecule has 2 rings (SSSR count). The zero-order valence-electron chi connectivity index (χ0n) is 22.5. The predicted molar refractivity (Wildman–Crippen MR) is 136 cm³/mol. The van der Waals surface area contributed by atoms with Crippen molar-refractivity contribution in [3.8, 4) is 0 Å². The van der Waals surface area contributed by atoms with Gasteiger partial charge in [-0.3, -0.25) is 24.0 Å². The van der Waals surface area contributed by atoms with Crippen LogP contribution in [0, 0.1) is 0 Å². The highest BCUT2D eigenvalue weighted by molar-refractivity contribution is 9.10. The largest absolute Gasteiger partial charge is 0.463 e. The summed E-state index contributed by atoms with van der Waals surface area (Å²) in [5.74, 6) is -3.34. The molecular formula is C26H33BrO12. The van der Waals surface area contributed by atoms with E-state index in [4.69, 9.17) is 33.2 Å². The van der Waals surface area contributed by atoms with Gasteiger partial charge in [0.2, 0.25) is 6.29 Å². The van der Waals surface area contributed by atoms with E-state index in [1.54, 1.807) is 0 Å². The molecular weight excluding hydrogens is 584 g/mol. The maximum absolute atomic E-state index is 12.5. The number of benzene rings is 1. The van der Waals surface area contributed by atoms with E-state index in [1.165, 1.54) is 20.8 Å². The summed E-state index contributed by atoms with van der Waals surface area (Å²) in [5, 5.41) is 0. The molecule has 0 bridgehead atoms. The van der Waals surface area contributed by atoms with Crippen LogP contribution in [0.3, 0.4) is 0 Å². The summed E-state index contributed by atoms with van der Waals surface area (Å²) in [7, 11) is 0. The molecule has 1 saturated heterocycles. The van der Waals surface area contributed by atoms with Crippen LogP contribution < -0.4 is 0 Å². The average molecular weight is 617 g/mol. The maximum Gasteiger partial charge on any atom is 0.303 e. The summed E-state index contributed by atoms with van der Waals surface area (Å²) < 4.78 is 37.9. The number of hydrogen-bond acceptors (Lipinski definition) is 12. The van der Waals surface area contributed by atoms with Crippen molar-refractivity contribution in [1.29, 1.82) is 0 Å². The zero-order valence-corrected chi connectivity index (χ0v) is 24.1. The lowest BCUT2D eigenvalue weighted by atomic mass is 9.98. The quantitative estimate of drug-likeness (QED) is 0.147. The SMILES string of the molecule is CC(=O)OC[C@H]1O[C@@H](O[C@H](OCc2ccccc2)[C@](C)(Br)C(C)=O)[C@H](OC(C)=O)[C@@H](OC(C)=O)[C@@H]1OC(C)=O. The van der Waals surface area contributed by atoms with Crippen molar-refractivity contribution in [2.45, 2.75) is 89.5 Å². The van der Waals surface area contributed by atoms with Crippen LogP contribution in [0.15, 0.2) is 30.3 Å². The zero-order chi connectivity index (χ0) is 29.3. The number of hydrogen-bond donors (Lipinski definition) is 0. The van der Waals surface area contributed by atoms with E-state index < -0.39 is 71.8 Å². The Bertz CT molecular complexity index is 1030. The molecule has 216 valence electrons. The van der Waals surface area contributed by atoms with Crippen LogP contribution in [-0.2, 0) is 63.7 Å². The Balaban J connectivity index is 2.51. The summed E-state index contributed by atoms with van der Waals surface area (Å²) in [6.07, 6.45) is -8.31. The van der Waals surface area contributed by atoms with Crippen molar-refractivity contribution in [3.63, 3.8) is 0 Å². The van der Waals surface area contributed by atoms with Crippen molar-refractivity contribution in [2.24, 2.45) is 0 Å². The summed E-state index contributed by atoms with van der Waals surface area (Å²) in [6, 6.07) is 9.08. The van der Waals surface area contributed by atoms with Gasteiger partial charge in [-0.15, -0.1) is 0 Å². The number of rotatable bonds is 12. The third-order valence-corrected chi connectivity index (χ3v) is 6.51. The van der Waals surface area contributed by atoms with Gasteiger partial charge >= 0.3 is 23.9 Å². The molecule has 0 saturated carbocycles. The summed E-state index contributed by atoms with van der Waals surface area (Å²) in [5.41, 5.74) is 0.777. The van der Waals surface area contributed by atoms with Gasteiger partial charge in [-0.1, -0.05) is 46.3 Å². The molecule has 1 aromatic carbocycles. The number of alkyl halides is 1. The molecule has 12 nitrogen and oxygen atoms in total. The molecule has 0 spiro atoms. The van der Waals surface area contributed by atoms with Crippen molar-refractivity contribution in [2.75, 3.05) is 6.61 Å². The van der Waals surface area contributed by atoms with Gasteiger partial charge in [-0.05, 0) is 19.4 Å². The first-order valence-electron chi connectivity index (χ1n) is 12.0. The molecule has 1 heterocycles. The molecule has 13 heteroatoms. The molecule has 7 atom stereocenters. The Kier molecular flexibility index (Phi) is 12.0. The van der Waals surface area contributed by atoms with Crippen molar-refractivity contribution < 1.29 is 57.1 Å². The van der Waals surface area contributed by atoms with E-state index >= 15 is 0 Å². The standard InChI is InChI=1S/C26H33BrO12/c1-14(28)26(6,27)25(34-12-19-10-8-7-9-11-19)39-24-23(37-18(5)32)22(36-17(4)31)21(35-16(3)30)20(38-24)13-33-15(2)29/h7-11,20-25H,12-13H2,1-6H3/t20-,21-,22+,23-,24+,25+,26-/m1/s1. The predicted octanol–water partition coefficient (Wildman–Crippen LogP) is 2.37. The van der Waals surface area contributed by atoms with Crippen LogP contribution in [0.5, 0.6) is 0 Å². The second-order valence-corrected chi connectivity index (χ2v) is 10.6. The highest BCUT2D eigenvalue weighted by atomic mass is 79.9. The van der Waals surface area contributed by atoms with Gasteiger partial charge in [0.05, 0.1) is 6.61 Å². The molecule has 1 fully saturated rings. The molecule has 1 aromatic rings. The van der Waals surface area contributed by atoms with E-state index in [9.17, 15) is 24.0 Å². The minimum Gasteiger partial charge on any atom is -0.463 e. The van der Waals surface area contributed by atoms with Gasteiger partial charge < -0.3 is 33.2 Å². The second kappa shape index (κ2) is 14.5. The van der Waals surface area contributed by atoms with Gasteiger partial charge in [0, 0.05) is 27.7 Å². The molecule has 39 heavy (non-hydrogen) atoms. The van der Waals surface area contributed by atoms with Gasteiger partial charge in [0.15, 0.2) is 30.4 Å². The van der Waals surface area contributed by atoms with Gasteiger partial charge in [-0.25, -0.2) is 0 Å². The minimum absolute atomic E-state index is 0.0330. The molecule has 0 N–H and O–H groups in total. The smallest absolute Gasteiger partial charge is 0.303 e. The molecule has 1 aliphatic rings. The van der Waals surface area contributed by atoms with E-state index in [-0.39, 0.29) is 12.4 Å².